The molecular formula is C14H6Cl2F2N2O3S. The Morgan fingerprint density at radius 2 is 2.04 bits per heavy atom. The molecule has 0 N–H and O–H groups in total. The highest BCUT2D eigenvalue weighted by Crippen LogP contribution is 2.31. The number of esters is 1. The Morgan fingerprint density at radius 3 is 2.71 bits per heavy atom. The van der Waals surface area contributed by atoms with Crippen molar-refractivity contribution < 1.29 is 23.0 Å². The molecule has 1 aromatic heterocycles. The lowest BCUT2D eigenvalue weighted by atomic mass is 10.2. The van der Waals surface area contributed by atoms with Crippen LogP contribution in [0.25, 0.3) is 6.08 Å². The zero-order valence-electron chi connectivity index (χ0n) is 11.5. The first-order valence-electron chi connectivity index (χ1n) is 6.32. The number of para-hydroxylation sites is 1. The first-order chi connectivity index (χ1) is 11.4. The van der Waals surface area contributed by atoms with Crippen molar-refractivity contribution >= 4 is 52.5 Å². The Kier molecular flexibility index (Phi) is 4.79. The largest absolute Gasteiger partial charge is 0.434 e. The third-order valence-electron chi connectivity index (χ3n) is 2.81. The van der Waals surface area contributed by atoms with Gasteiger partial charge in [0.25, 0.3) is 0 Å². The molecule has 2 heterocycles. The zero-order chi connectivity index (χ0) is 17.3. The van der Waals surface area contributed by atoms with Gasteiger partial charge in [0.1, 0.15) is 10.9 Å². The Hall–Kier alpha value is -2.03. The number of hydrogen-bond donors (Lipinski definition) is 0. The predicted octanol–water partition coefficient (Wildman–Crippen LogP) is 4.40. The van der Waals surface area contributed by atoms with E-state index in [1.807, 2.05) is 0 Å². The zero-order valence-corrected chi connectivity index (χ0v) is 13.8. The number of alkyl halides is 2. The van der Waals surface area contributed by atoms with Crippen molar-refractivity contribution in [2.24, 2.45) is 4.99 Å². The normalized spacial score (nSPS) is 15.8. The molecule has 0 atom stereocenters. The molecule has 1 aliphatic heterocycles. The third-order valence-corrected chi connectivity index (χ3v) is 4.31. The average molecular weight is 391 g/mol. The van der Waals surface area contributed by atoms with E-state index in [1.54, 1.807) is 6.07 Å². The molecule has 0 saturated heterocycles. The average Bonchev–Trinajstić information content (AvgIpc) is 3.02. The van der Waals surface area contributed by atoms with E-state index in [0.717, 1.165) is 11.3 Å². The number of ether oxygens (including phenoxy) is 2. The molecule has 10 heteroatoms. The summed E-state index contributed by atoms with van der Waals surface area (Å²) >= 11 is 12.7. The van der Waals surface area contributed by atoms with Crippen LogP contribution in [0.1, 0.15) is 10.4 Å². The highest BCUT2D eigenvalue weighted by molar-refractivity contribution is 7.17. The lowest BCUT2D eigenvalue weighted by molar-refractivity contribution is -0.129. The maximum Gasteiger partial charge on any atom is 0.387 e. The molecule has 0 unspecified atom stereocenters. The summed E-state index contributed by atoms with van der Waals surface area (Å²) in [5.74, 6) is -1.05. The molecule has 1 aromatic carbocycles. The number of aromatic nitrogens is 1. The number of thiazole rings is 1. The van der Waals surface area contributed by atoms with Crippen LogP contribution in [0.3, 0.4) is 0 Å². The molecule has 0 saturated carbocycles. The minimum absolute atomic E-state index is 0.0564. The van der Waals surface area contributed by atoms with E-state index in [1.165, 1.54) is 24.3 Å². The Bertz CT molecular complexity index is 867. The molecule has 124 valence electrons. The van der Waals surface area contributed by atoms with Gasteiger partial charge in [0.15, 0.2) is 10.2 Å². The van der Waals surface area contributed by atoms with Gasteiger partial charge in [0, 0.05) is 0 Å². The molecule has 24 heavy (non-hydrogen) atoms. The van der Waals surface area contributed by atoms with Crippen LogP contribution in [0.2, 0.25) is 9.62 Å². The second-order valence-electron chi connectivity index (χ2n) is 4.33. The lowest BCUT2D eigenvalue weighted by Gasteiger charge is -2.08. The molecule has 1 aliphatic rings. The van der Waals surface area contributed by atoms with Gasteiger partial charge >= 0.3 is 12.6 Å². The molecule has 0 bridgehead atoms. The van der Waals surface area contributed by atoms with Crippen molar-refractivity contribution in [1.82, 2.24) is 4.98 Å². The number of aliphatic imine (C=N–C) groups is 1. The van der Waals surface area contributed by atoms with Crippen molar-refractivity contribution in [3.05, 3.63) is 50.0 Å². The first kappa shape index (κ1) is 16.8. The molecule has 3 rings (SSSR count). The number of cyclic esters (lactones) is 1. The molecule has 5 nitrogen and oxygen atoms in total. The van der Waals surface area contributed by atoms with E-state index in [9.17, 15) is 13.6 Å². The number of nitrogens with zero attached hydrogens (tertiary/aromatic N) is 2. The van der Waals surface area contributed by atoms with Gasteiger partial charge in [-0.2, -0.15) is 8.78 Å². The van der Waals surface area contributed by atoms with Crippen LogP contribution in [-0.2, 0) is 9.53 Å². The first-order valence-corrected chi connectivity index (χ1v) is 7.90. The number of halogens is 4. The van der Waals surface area contributed by atoms with Gasteiger partial charge in [0.05, 0.1) is 10.4 Å². The van der Waals surface area contributed by atoms with E-state index in [0.29, 0.717) is 4.88 Å². The number of benzene rings is 1. The maximum atomic E-state index is 12.5. The van der Waals surface area contributed by atoms with Gasteiger partial charge in [-0.25, -0.2) is 14.8 Å². The summed E-state index contributed by atoms with van der Waals surface area (Å²) in [5.41, 5.74) is 0.0713. The Labute approximate surface area is 148 Å². The van der Waals surface area contributed by atoms with Gasteiger partial charge in [0.2, 0.25) is 5.90 Å². The summed E-state index contributed by atoms with van der Waals surface area (Å²) in [7, 11) is 0. The van der Waals surface area contributed by atoms with E-state index >= 15 is 0 Å². The van der Waals surface area contributed by atoms with E-state index in [-0.39, 0.29) is 32.5 Å². The summed E-state index contributed by atoms with van der Waals surface area (Å²) in [6.07, 6.45) is 1.36. The van der Waals surface area contributed by atoms with Gasteiger partial charge in [-0.15, -0.1) is 11.3 Å². The van der Waals surface area contributed by atoms with Crippen molar-refractivity contribution in [2.75, 3.05) is 0 Å². The minimum Gasteiger partial charge on any atom is -0.434 e. The minimum atomic E-state index is -3.02. The van der Waals surface area contributed by atoms with Crippen LogP contribution in [0.4, 0.5) is 8.78 Å². The lowest BCUT2D eigenvalue weighted by Crippen LogP contribution is -2.10. The molecule has 0 fully saturated rings. The van der Waals surface area contributed by atoms with Crippen molar-refractivity contribution in [3.8, 4) is 5.75 Å². The van der Waals surface area contributed by atoms with Crippen LogP contribution >= 0.6 is 34.5 Å². The number of carbonyl (C=O) groups is 1. The fourth-order valence-corrected chi connectivity index (χ4v) is 3.17. The van der Waals surface area contributed by atoms with Gasteiger partial charge < -0.3 is 9.47 Å². The highest BCUT2D eigenvalue weighted by Gasteiger charge is 2.27. The molecule has 0 amide bonds. The van der Waals surface area contributed by atoms with E-state index in [2.05, 4.69) is 14.7 Å². The van der Waals surface area contributed by atoms with Crippen molar-refractivity contribution in [3.63, 3.8) is 0 Å². The number of hydrogen-bond acceptors (Lipinski definition) is 6. The quantitative estimate of drug-likeness (QED) is 0.573. The number of carbonyl (C=O) groups excluding carboxylic acids is 1. The van der Waals surface area contributed by atoms with Crippen molar-refractivity contribution in [2.45, 2.75) is 6.61 Å². The fraction of sp³-hybridized carbons (Fsp3) is 0.0714. The number of rotatable bonds is 4. The van der Waals surface area contributed by atoms with Crippen LogP contribution in [-0.4, -0.2) is 23.5 Å². The van der Waals surface area contributed by atoms with Crippen molar-refractivity contribution in [1.29, 1.82) is 0 Å². The van der Waals surface area contributed by atoms with E-state index < -0.39 is 12.6 Å². The maximum absolute atomic E-state index is 12.5. The van der Waals surface area contributed by atoms with Gasteiger partial charge in [-0.05, 0) is 18.2 Å². The highest BCUT2D eigenvalue weighted by atomic mass is 35.5. The summed E-state index contributed by atoms with van der Waals surface area (Å²) in [6.45, 7) is -3.02. The Morgan fingerprint density at radius 1 is 1.29 bits per heavy atom. The van der Waals surface area contributed by atoms with Gasteiger partial charge in [-0.1, -0.05) is 35.3 Å². The molecular weight excluding hydrogens is 385 g/mol. The van der Waals surface area contributed by atoms with E-state index in [4.69, 9.17) is 27.9 Å². The summed E-state index contributed by atoms with van der Waals surface area (Å²) in [5, 5.41) is 0.121. The monoisotopic (exact) mass is 390 g/mol. The molecule has 2 aromatic rings. The second kappa shape index (κ2) is 6.84. The summed E-state index contributed by atoms with van der Waals surface area (Å²) < 4.78 is 34.6. The third kappa shape index (κ3) is 3.55. The van der Waals surface area contributed by atoms with Crippen LogP contribution < -0.4 is 4.74 Å². The summed E-state index contributed by atoms with van der Waals surface area (Å²) in [6, 6.07) is 5.85. The summed E-state index contributed by atoms with van der Waals surface area (Å²) in [4.78, 5) is 20.2. The second-order valence-corrected chi connectivity index (χ2v) is 6.30. The SMILES string of the molecule is O=C1OC(c2ccccc2OC(F)F)=N/C1=C/c1sc(Cl)nc1Cl. The standard InChI is InChI=1S/C14H6Cl2F2N2O3S/c15-10-9(24-13(16)20-10)5-7-12(21)23-11(19-7)6-3-1-2-4-8(6)22-14(17)18/h1-5,14H/b7-5+. The molecule has 0 aliphatic carbocycles. The van der Waals surface area contributed by atoms with Gasteiger partial charge in [-0.3, -0.25) is 0 Å². The smallest absolute Gasteiger partial charge is 0.387 e. The molecule has 0 radical (unpaired) electrons. The fourth-order valence-electron chi connectivity index (χ4n) is 1.87. The van der Waals surface area contributed by atoms with Crippen LogP contribution in [0, 0.1) is 0 Å². The Balaban J connectivity index is 1.97. The van der Waals surface area contributed by atoms with Crippen LogP contribution in [0.5, 0.6) is 5.75 Å². The van der Waals surface area contributed by atoms with Crippen LogP contribution in [0.15, 0.2) is 35.0 Å². The molecule has 0 spiro atoms. The predicted molar refractivity (Wildman–Crippen MR) is 85.8 cm³/mol. The topological polar surface area (TPSA) is 60.8 Å².